The second-order valence-corrected chi connectivity index (χ2v) is 6.77. The van der Waals surface area contributed by atoms with Crippen molar-refractivity contribution in [3.63, 3.8) is 0 Å². The number of amides is 2. The molecule has 23 heavy (non-hydrogen) atoms. The zero-order valence-corrected chi connectivity index (χ0v) is 14.0. The molecule has 0 saturated carbocycles. The third-order valence-electron chi connectivity index (χ3n) is 4.24. The van der Waals surface area contributed by atoms with Crippen molar-refractivity contribution in [2.45, 2.75) is 19.4 Å². The molecule has 1 saturated heterocycles. The molecule has 3 rings (SSSR count). The lowest BCUT2D eigenvalue weighted by molar-refractivity contribution is -0.141. The van der Waals surface area contributed by atoms with Crippen LogP contribution >= 0.6 is 11.3 Å². The van der Waals surface area contributed by atoms with E-state index < -0.39 is 0 Å². The first-order valence-electron chi connectivity index (χ1n) is 7.77. The third kappa shape index (κ3) is 3.62. The molecule has 1 fully saturated rings. The molecule has 1 aliphatic heterocycles. The Kier molecular flexibility index (Phi) is 4.76. The highest BCUT2D eigenvalue weighted by Gasteiger charge is 2.32. The molecule has 1 atom stereocenters. The number of nitrogens with zero attached hydrogens (tertiary/aromatic N) is 2. The summed E-state index contributed by atoms with van der Waals surface area (Å²) in [5.74, 6) is 0.195. The zero-order valence-electron chi connectivity index (χ0n) is 13.1. The molecule has 0 radical (unpaired) electrons. The topological polar surface area (TPSA) is 40.6 Å². The van der Waals surface area contributed by atoms with Crippen LogP contribution in [0.4, 0.5) is 0 Å². The second kappa shape index (κ2) is 6.96. The Hall–Kier alpha value is -2.14. The highest BCUT2D eigenvalue weighted by molar-refractivity contribution is 7.10. The highest BCUT2D eigenvalue weighted by Crippen LogP contribution is 2.26. The van der Waals surface area contributed by atoms with E-state index >= 15 is 0 Å². The van der Waals surface area contributed by atoms with Gasteiger partial charge in [-0.1, -0.05) is 36.4 Å². The van der Waals surface area contributed by atoms with Gasteiger partial charge in [-0.25, -0.2) is 0 Å². The van der Waals surface area contributed by atoms with Gasteiger partial charge in [0.15, 0.2) is 0 Å². The summed E-state index contributed by atoms with van der Waals surface area (Å²) < 4.78 is 0. The average molecular weight is 328 g/mol. The predicted octanol–water partition coefficient (Wildman–Crippen LogP) is 2.72. The summed E-state index contributed by atoms with van der Waals surface area (Å²) in [5, 5.41) is 1.99. The van der Waals surface area contributed by atoms with Gasteiger partial charge in [-0.2, -0.15) is 0 Å². The summed E-state index contributed by atoms with van der Waals surface area (Å²) in [6.07, 6.45) is 0.432. The van der Waals surface area contributed by atoms with Crippen LogP contribution in [0.1, 0.15) is 23.4 Å². The molecule has 0 aliphatic carbocycles. The molecular weight excluding hydrogens is 308 g/mol. The Morgan fingerprint density at radius 3 is 2.57 bits per heavy atom. The summed E-state index contributed by atoms with van der Waals surface area (Å²) in [4.78, 5) is 29.3. The van der Waals surface area contributed by atoms with E-state index in [1.54, 1.807) is 18.3 Å². The van der Waals surface area contributed by atoms with Crippen molar-refractivity contribution in [3.8, 4) is 0 Å². The van der Waals surface area contributed by atoms with Crippen LogP contribution in [0.3, 0.4) is 0 Å². The van der Waals surface area contributed by atoms with Crippen LogP contribution in [0.5, 0.6) is 0 Å². The van der Waals surface area contributed by atoms with Crippen molar-refractivity contribution in [2.24, 2.45) is 0 Å². The average Bonchev–Trinajstić information content (AvgIpc) is 3.08. The molecule has 1 aromatic carbocycles. The standard InChI is InChI=1S/C18H20N2O2S/c1-14(21)19-9-10-20(18(22)12-16-8-5-11-23-16)17(13-19)15-6-3-2-4-7-15/h2-8,11,17H,9-10,12-13H2,1H3/t17-/m1/s1. The van der Waals surface area contributed by atoms with E-state index in [0.29, 0.717) is 26.1 Å². The van der Waals surface area contributed by atoms with E-state index in [9.17, 15) is 9.59 Å². The molecule has 0 N–H and O–H groups in total. The predicted molar refractivity (Wildman–Crippen MR) is 91.2 cm³/mol. The molecule has 0 bridgehead atoms. The Morgan fingerprint density at radius 1 is 1.13 bits per heavy atom. The molecule has 1 aliphatic rings. The van der Waals surface area contributed by atoms with Crippen molar-refractivity contribution >= 4 is 23.2 Å². The summed E-state index contributed by atoms with van der Waals surface area (Å²) >= 11 is 1.61. The fourth-order valence-corrected chi connectivity index (χ4v) is 3.69. The summed E-state index contributed by atoms with van der Waals surface area (Å²) in [7, 11) is 0. The molecule has 120 valence electrons. The minimum atomic E-state index is -0.0682. The fourth-order valence-electron chi connectivity index (χ4n) is 2.99. The SMILES string of the molecule is CC(=O)N1CCN(C(=O)Cc2cccs2)[C@@H](c2ccccc2)C1. The quantitative estimate of drug-likeness (QED) is 0.869. The molecule has 0 spiro atoms. The van der Waals surface area contributed by atoms with Gasteiger partial charge in [-0.3, -0.25) is 9.59 Å². The summed E-state index contributed by atoms with van der Waals surface area (Å²) in [5.41, 5.74) is 1.08. The van der Waals surface area contributed by atoms with Crippen LogP contribution in [0.25, 0.3) is 0 Å². The molecule has 4 nitrogen and oxygen atoms in total. The number of hydrogen-bond acceptors (Lipinski definition) is 3. The van der Waals surface area contributed by atoms with Gasteiger partial charge in [0, 0.05) is 31.4 Å². The van der Waals surface area contributed by atoms with Gasteiger partial charge < -0.3 is 9.80 Å². The van der Waals surface area contributed by atoms with Crippen molar-refractivity contribution in [1.29, 1.82) is 0 Å². The van der Waals surface area contributed by atoms with Crippen LogP contribution in [-0.2, 0) is 16.0 Å². The number of carbonyl (C=O) groups excluding carboxylic acids is 2. The molecule has 0 unspecified atom stereocenters. The van der Waals surface area contributed by atoms with Gasteiger partial charge in [0.25, 0.3) is 0 Å². The largest absolute Gasteiger partial charge is 0.339 e. The maximum Gasteiger partial charge on any atom is 0.228 e. The van der Waals surface area contributed by atoms with E-state index in [0.717, 1.165) is 10.4 Å². The van der Waals surface area contributed by atoms with Crippen LogP contribution in [0.2, 0.25) is 0 Å². The van der Waals surface area contributed by atoms with Crippen molar-refractivity contribution < 1.29 is 9.59 Å². The minimum absolute atomic E-state index is 0.0660. The van der Waals surface area contributed by atoms with E-state index in [2.05, 4.69) is 0 Å². The van der Waals surface area contributed by atoms with Crippen molar-refractivity contribution in [2.75, 3.05) is 19.6 Å². The summed E-state index contributed by atoms with van der Waals surface area (Å²) in [6, 6.07) is 13.9. The number of thiophene rings is 1. The second-order valence-electron chi connectivity index (χ2n) is 5.73. The number of rotatable bonds is 3. The van der Waals surface area contributed by atoms with E-state index in [4.69, 9.17) is 0 Å². The van der Waals surface area contributed by atoms with Gasteiger partial charge in [-0.15, -0.1) is 11.3 Å². The Morgan fingerprint density at radius 2 is 1.91 bits per heavy atom. The molecule has 5 heteroatoms. The Bertz CT molecular complexity index is 670. The van der Waals surface area contributed by atoms with Gasteiger partial charge in [0.2, 0.25) is 11.8 Å². The Labute approximate surface area is 140 Å². The highest BCUT2D eigenvalue weighted by atomic mass is 32.1. The normalized spacial score (nSPS) is 18.0. The number of carbonyl (C=O) groups is 2. The molecule has 2 heterocycles. The summed E-state index contributed by atoms with van der Waals surface area (Å²) in [6.45, 7) is 3.35. The zero-order chi connectivity index (χ0) is 16.2. The van der Waals surface area contributed by atoms with E-state index in [1.807, 2.05) is 57.6 Å². The van der Waals surface area contributed by atoms with Crippen LogP contribution in [0, 0.1) is 0 Å². The molecule has 2 amide bonds. The monoisotopic (exact) mass is 328 g/mol. The van der Waals surface area contributed by atoms with Gasteiger partial charge in [0.05, 0.1) is 12.5 Å². The van der Waals surface area contributed by atoms with E-state index in [-0.39, 0.29) is 17.9 Å². The molecule has 1 aromatic heterocycles. The van der Waals surface area contributed by atoms with Gasteiger partial charge >= 0.3 is 0 Å². The molecular formula is C18H20N2O2S. The first-order valence-corrected chi connectivity index (χ1v) is 8.65. The maximum atomic E-state index is 12.8. The smallest absolute Gasteiger partial charge is 0.228 e. The van der Waals surface area contributed by atoms with Crippen LogP contribution < -0.4 is 0 Å². The lowest BCUT2D eigenvalue weighted by Crippen LogP contribution is -2.52. The minimum Gasteiger partial charge on any atom is -0.339 e. The lowest BCUT2D eigenvalue weighted by atomic mass is 10.0. The fraction of sp³-hybridized carbons (Fsp3) is 0.333. The van der Waals surface area contributed by atoms with Crippen LogP contribution in [0.15, 0.2) is 47.8 Å². The third-order valence-corrected chi connectivity index (χ3v) is 5.11. The van der Waals surface area contributed by atoms with Gasteiger partial charge in [-0.05, 0) is 17.0 Å². The Balaban J connectivity index is 1.81. The number of hydrogen-bond donors (Lipinski definition) is 0. The first-order chi connectivity index (χ1) is 11.1. The maximum absolute atomic E-state index is 12.8. The number of piperazine rings is 1. The van der Waals surface area contributed by atoms with Gasteiger partial charge in [0.1, 0.15) is 0 Å². The van der Waals surface area contributed by atoms with Crippen molar-refractivity contribution in [3.05, 3.63) is 58.3 Å². The first kappa shape index (κ1) is 15.7. The van der Waals surface area contributed by atoms with Crippen molar-refractivity contribution in [1.82, 2.24) is 9.80 Å². The van der Waals surface area contributed by atoms with Crippen LogP contribution in [-0.4, -0.2) is 41.2 Å². The lowest BCUT2D eigenvalue weighted by Gasteiger charge is -2.41. The molecule has 2 aromatic rings. The number of benzene rings is 1. The van der Waals surface area contributed by atoms with E-state index in [1.165, 1.54) is 0 Å².